The van der Waals surface area contributed by atoms with Crippen LogP contribution in [0.4, 0.5) is 10.3 Å². The van der Waals surface area contributed by atoms with E-state index in [0.29, 0.717) is 16.3 Å². The Kier molecular flexibility index (Phi) is 6.34. The normalized spacial score (nSPS) is 16.3. The summed E-state index contributed by atoms with van der Waals surface area (Å²) in [5.41, 5.74) is 0.491. The molecule has 30 heavy (non-hydrogen) atoms. The number of esters is 2. The molecular formula is C20H23N5O4S. The fourth-order valence-electron chi connectivity index (χ4n) is 3.64. The van der Waals surface area contributed by atoms with Crippen LogP contribution in [0, 0.1) is 0 Å². The average Bonchev–Trinajstić information content (AvgIpc) is 3.32. The first-order valence-electron chi connectivity index (χ1n) is 10.1. The van der Waals surface area contributed by atoms with Gasteiger partial charge >= 0.3 is 11.9 Å². The molecule has 1 amide bonds. The predicted octanol–water partition coefficient (Wildman–Crippen LogP) is 2.83. The molecular weight excluding hydrogens is 406 g/mol. The lowest BCUT2D eigenvalue weighted by atomic mass is 9.95. The minimum atomic E-state index is -0.745. The molecule has 10 heteroatoms. The van der Waals surface area contributed by atoms with Crippen molar-refractivity contribution in [1.29, 1.82) is 0 Å². The number of anilines is 2. The third kappa shape index (κ3) is 4.82. The van der Waals surface area contributed by atoms with E-state index in [-0.39, 0.29) is 16.7 Å². The van der Waals surface area contributed by atoms with Gasteiger partial charge in [0.25, 0.3) is 5.91 Å². The number of aromatic nitrogens is 2. The quantitative estimate of drug-likeness (QED) is 0.333. The van der Waals surface area contributed by atoms with E-state index in [0.717, 1.165) is 19.5 Å². The molecule has 1 aliphatic carbocycles. The largest absolute Gasteiger partial charge is 0.386 e. The van der Waals surface area contributed by atoms with E-state index in [4.69, 9.17) is 0 Å². The first kappa shape index (κ1) is 20.4. The van der Waals surface area contributed by atoms with E-state index in [1.54, 1.807) is 0 Å². The summed E-state index contributed by atoms with van der Waals surface area (Å²) in [6.45, 7) is 1.73. The zero-order chi connectivity index (χ0) is 20.9. The second-order valence-corrected chi connectivity index (χ2v) is 8.35. The van der Waals surface area contributed by atoms with Crippen LogP contribution < -0.4 is 16.0 Å². The van der Waals surface area contributed by atoms with Crippen LogP contribution in [0.25, 0.3) is 0 Å². The van der Waals surface area contributed by atoms with E-state index in [2.05, 4.69) is 30.9 Å². The molecule has 1 fully saturated rings. The van der Waals surface area contributed by atoms with Gasteiger partial charge in [0, 0.05) is 18.2 Å². The summed E-state index contributed by atoms with van der Waals surface area (Å²) in [4.78, 5) is 35.6. The standard InChI is InChI=1S/C20H23N5O4S/c26-16(12-7-8-14-15(11-12)18(28)29-17(14)27)23-20-25-24-19(30-20)22-10-4-9-21-13-5-2-1-3-6-13/h7-8,11,13,21H,1-6,9-10H2,(H,22,24)(H,23,25,26). The number of ether oxygens (including phenoxy) is 1. The van der Waals surface area contributed by atoms with Crippen molar-refractivity contribution >= 4 is 39.4 Å². The van der Waals surface area contributed by atoms with Gasteiger partial charge in [0.2, 0.25) is 10.3 Å². The van der Waals surface area contributed by atoms with Gasteiger partial charge in [-0.15, -0.1) is 10.2 Å². The van der Waals surface area contributed by atoms with Crippen molar-refractivity contribution < 1.29 is 19.1 Å². The molecule has 2 aromatic rings. The van der Waals surface area contributed by atoms with Crippen molar-refractivity contribution in [3.8, 4) is 0 Å². The molecule has 0 unspecified atom stereocenters. The first-order valence-corrected chi connectivity index (χ1v) is 10.9. The van der Waals surface area contributed by atoms with Crippen molar-refractivity contribution in [2.24, 2.45) is 0 Å². The van der Waals surface area contributed by atoms with Crippen molar-refractivity contribution in [3.63, 3.8) is 0 Å². The first-order chi connectivity index (χ1) is 14.6. The number of nitrogens with one attached hydrogen (secondary N) is 3. The van der Waals surface area contributed by atoms with Gasteiger partial charge < -0.3 is 15.4 Å². The highest BCUT2D eigenvalue weighted by molar-refractivity contribution is 7.19. The Bertz CT molecular complexity index is 954. The zero-order valence-corrected chi connectivity index (χ0v) is 17.2. The maximum Gasteiger partial charge on any atom is 0.346 e. The summed E-state index contributed by atoms with van der Waals surface area (Å²) in [7, 11) is 0. The lowest BCUT2D eigenvalue weighted by molar-refractivity contribution is 0.0443. The molecule has 0 saturated heterocycles. The molecule has 4 rings (SSSR count). The molecule has 0 atom stereocenters. The molecule has 158 valence electrons. The van der Waals surface area contributed by atoms with E-state index in [1.165, 1.54) is 61.6 Å². The molecule has 0 spiro atoms. The third-order valence-electron chi connectivity index (χ3n) is 5.22. The van der Waals surface area contributed by atoms with Gasteiger partial charge in [-0.2, -0.15) is 0 Å². The number of carbonyl (C=O) groups excluding carboxylic acids is 3. The smallest absolute Gasteiger partial charge is 0.346 e. The number of rotatable bonds is 8. The average molecular weight is 430 g/mol. The molecule has 9 nitrogen and oxygen atoms in total. The van der Waals surface area contributed by atoms with Gasteiger partial charge in [0.05, 0.1) is 11.1 Å². The second-order valence-electron chi connectivity index (χ2n) is 7.37. The molecule has 1 aliphatic heterocycles. The topological polar surface area (TPSA) is 122 Å². The minimum Gasteiger partial charge on any atom is -0.386 e. The second kappa shape index (κ2) is 9.31. The van der Waals surface area contributed by atoms with Crippen LogP contribution >= 0.6 is 11.3 Å². The third-order valence-corrected chi connectivity index (χ3v) is 6.02. The summed E-state index contributed by atoms with van der Waals surface area (Å²) in [6.07, 6.45) is 7.52. The number of cyclic esters (lactones) is 2. The Labute approximate surface area is 177 Å². The Morgan fingerprint density at radius 1 is 1.03 bits per heavy atom. The maximum absolute atomic E-state index is 12.4. The number of hydrogen-bond donors (Lipinski definition) is 3. The number of nitrogens with zero attached hydrogens (tertiary/aromatic N) is 2. The monoisotopic (exact) mass is 429 g/mol. The highest BCUT2D eigenvalue weighted by Gasteiger charge is 2.30. The van der Waals surface area contributed by atoms with Crippen molar-refractivity contribution in [2.75, 3.05) is 23.7 Å². The Balaban J connectivity index is 1.23. The summed E-state index contributed by atoms with van der Waals surface area (Å²) in [5.74, 6) is -1.88. The fourth-order valence-corrected chi connectivity index (χ4v) is 4.30. The van der Waals surface area contributed by atoms with Gasteiger partial charge in [-0.05, 0) is 44.0 Å². The fraction of sp³-hybridized carbons (Fsp3) is 0.450. The van der Waals surface area contributed by atoms with Crippen molar-refractivity contribution in [3.05, 3.63) is 34.9 Å². The van der Waals surface area contributed by atoms with Crippen LogP contribution in [-0.4, -0.2) is 47.2 Å². The van der Waals surface area contributed by atoms with Crippen LogP contribution in [0.3, 0.4) is 0 Å². The molecule has 2 heterocycles. The van der Waals surface area contributed by atoms with E-state index in [1.807, 2.05) is 0 Å². The highest BCUT2D eigenvalue weighted by Crippen LogP contribution is 2.24. The lowest BCUT2D eigenvalue weighted by Gasteiger charge is -2.22. The van der Waals surface area contributed by atoms with Crippen LogP contribution in [0.15, 0.2) is 18.2 Å². The number of carbonyl (C=O) groups is 3. The van der Waals surface area contributed by atoms with Crippen LogP contribution in [0.2, 0.25) is 0 Å². The lowest BCUT2D eigenvalue weighted by Crippen LogP contribution is -2.32. The SMILES string of the molecule is O=C(Nc1nnc(NCCCNC2CCCCC2)s1)c1ccc2c(c1)C(=O)OC2=O. The van der Waals surface area contributed by atoms with Gasteiger partial charge in [-0.3, -0.25) is 10.1 Å². The van der Waals surface area contributed by atoms with Gasteiger partial charge in [-0.25, -0.2) is 9.59 Å². The van der Waals surface area contributed by atoms with Crippen molar-refractivity contribution in [2.45, 2.75) is 44.6 Å². The molecule has 0 bridgehead atoms. The maximum atomic E-state index is 12.4. The predicted molar refractivity (Wildman–Crippen MR) is 112 cm³/mol. The summed E-state index contributed by atoms with van der Waals surface area (Å²) >= 11 is 1.24. The van der Waals surface area contributed by atoms with E-state index >= 15 is 0 Å². The molecule has 2 aliphatic rings. The molecule has 0 radical (unpaired) electrons. The Morgan fingerprint density at radius 2 is 1.80 bits per heavy atom. The summed E-state index contributed by atoms with van der Waals surface area (Å²) < 4.78 is 4.53. The summed E-state index contributed by atoms with van der Waals surface area (Å²) in [5, 5.41) is 18.4. The Morgan fingerprint density at radius 3 is 2.63 bits per heavy atom. The van der Waals surface area contributed by atoms with Crippen LogP contribution in [0.1, 0.15) is 69.6 Å². The highest BCUT2D eigenvalue weighted by atomic mass is 32.1. The molecule has 1 aromatic heterocycles. The van der Waals surface area contributed by atoms with Crippen LogP contribution in [-0.2, 0) is 4.74 Å². The van der Waals surface area contributed by atoms with Crippen molar-refractivity contribution in [1.82, 2.24) is 15.5 Å². The Hall–Kier alpha value is -2.85. The molecule has 1 aromatic carbocycles. The zero-order valence-electron chi connectivity index (χ0n) is 16.4. The van der Waals surface area contributed by atoms with E-state index in [9.17, 15) is 14.4 Å². The van der Waals surface area contributed by atoms with Gasteiger partial charge in [0.1, 0.15) is 0 Å². The number of hydrogen-bond acceptors (Lipinski definition) is 9. The number of fused-ring (bicyclic) bond motifs is 1. The minimum absolute atomic E-state index is 0.0918. The molecule has 3 N–H and O–H groups in total. The molecule has 1 saturated carbocycles. The number of amides is 1. The van der Waals surface area contributed by atoms with Gasteiger partial charge in [0.15, 0.2) is 0 Å². The number of benzene rings is 1. The van der Waals surface area contributed by atoms with Crippen LogP contribution in [0.5, 0.6) is 0 Å². The van der Waals surface area contributed by atoms with E-state index < -0.39 is 17.8 Å². The summed E-state index contributed by atoms with van der Waals surface area (Å²) in [6, 6.07) is 4.87. The van der Waals surface area contributed by atoms with Gasteiger partial charge in [-0.1, -0.05) is 30.6 Å².